The Bertz CT molecular complexity index is 980. The van der Waals surface area contributed by atoms with E-state index in [1.807, 2.05) is 36.4 Å². The predicted octanol–water partition coefficient (Wildman–Crippen LogP) is 4.25. The second kappa shape index (κ2) is 9.17. The Labute approximate surface area is 176 Å². The van der Waals surface area contributed by atoms with Gasteiger partial charge in [-0.05, 0) is 44.0 Å². The second-order valence-corrected chi connectivity index (χ2v) is 7.54. The first kappa shape index (κ1) is 20.2. The third-order valence-electron chi connectivity index (χ3n) is 5.57. The van der Waals surface area contributed by atoms with Crippen molar-refractivity contribution in [2.45, 2.75) is 45.9 Å². The van der Waals surface area contributed by atoms with Crippen LogP contribution in [0.4, 0.5) is 0 Å². The number of furan rings is 1. The molecule has 3 aromatic rings. The fraction of sp³-hybridized carbons (Fsp3) is 0.391. The fourth-order valence-electron chi connectivity index (χ4n) is 3.65. The fourth-order valence-corrected chi connectivity index (χ4v) is 3.65. The SMILES string of the molecule is CC[C@@H](C)N(CCCNC(=O)c1noc2c1COc1ccccc1-2)Cc1ccco1. The van der Waals surface area contributed by atoms with E-state index in [0.29, 0.717) is 29.6 Å². The number of aromatic nitrogens is 1. The number of ether oxygens (including phenoxy) is 1. The average Bonchev–Trinajstić information content (AvgIpc) is 3.45. The summed E-state index contributed by atoms with van der Waals surface area (Å²) < 4.78 is 16.7. The van der Waals surface area contributed by atoms with Crippen molar-refractivity contribution >= 4 is 5.91 Å². The van der Waals surface area contributed by atoms with Gasteiger partial charge in [0.2, 0.25) is 0 Å². The van der Waals surface area contributed by atoms with Gasteiger partial charge in [0.15, 0.2) is 11.5 Å². The highest BCUT2D eigenvalue weighted by Gasteiger charge is 2.28. The van der Waals surface area contributed by atoms with Crippen molar-refractivity contribution in [3.05, 3.63) is 59.7 Å². The van der Waals surface area contributed by atoms with Gasteiger partial charge in [-0.25, -0.2) is 0 Å². The molecule has 1 aromatic carbocycles. The molecular weight excluding hydrogens is 382 g/mol. The first-order valence-corrected chi connectivity index (χ1v) is 10.4. The normalized spacial score (nSPS) is 13.4. The number of fused-ring (bicyclic) bond motifs is 3. The monoisotopic (exact) mass is 409 g/mol. The largest absolute Gasteiger partial charge is 0.488 e. The summed E-state index contributed by atoms with van der Waals surface area (Å²) in [5, 5.41) is 6.98. The van der Waals surface area contributed by atoms with Crippen LogP contribution in [0.2, 0.25) is 0 Å². The smallest absolute Gasteiger partial charge is 0.273 e. The molecule has 7 heteroatoms. The Morgan fingerprint density at radius 2 is 2.13 bits per heavy atom. The third kappa shape index (κ3) is 4.26. The Morgan fingerprint density at radius 1 is 1.27 bits per heavy atom. The van der Waals surface area contributed by atoms with Gasteiger partial charge in [0, 0.05) is 19.1 Å². The van der Waals surface area contributed by atoms with Crippen molar-refractivity contribution in [3.8, 4) is 17.1 Å². The highest BCUT2D eigenvalue weighted by Crippen LogP contribution is 2.38. The molecule has 0 fully saturated rings. The maximum Gasteiger partial charge on any atom is 0.273 e. The van der Waals surface area contributed by atoms with Crippen LogP contribution in [0.3, 0.4) is 0 Å². The van der Waals surface area contributed by atoms with Crippen molar-refractivity contribution in [1.29, 1.82) is 0 Å². The highest BCUT2D eigenvalue weighted by atomic mass is 16.5. The molecule has 0 saturated carbocycles. The van der Waals surface area contributed by atoms with E-state index in [9.17, 15) is 4.79 Å². The molecule has 3 heterocycles. The van der Waals surface area contributed by atoms with Gasteiger partial charge in [-0.1, -0.05) is 24.2 Å². The third-order valence-corrected chi connectivity index (χ3v) is 5.57. The van der Waals surface area contributed by atoms with Crippen LogP contribution in [0.25, 0.3) is 11.3 Å². The molecule has 0 unspecified atom stereocenters. The van der Waals surface area contributed by atoms with E-state index in [1.54, 1.807) is 6.26 Å². The van der Waals surface area contributed by atoms with E-state index < -0.39 is 0 Å². The molecule has 30 heavy (non-hydrogen) atoms. The van der Waals surface area contributed by atoms with E-state index in [4.69, 9.17) is 13.7 Å². The van der Waals surface area contributed by atoms with Crippen LogP contribution in [0.1, 0.15) is 48.5 Å². The van der Waals surface area contributed by atoms with Crippen LogP contribution in [-0.4, -0.2) is 35.1 Å². The van der Waals surface area contributed by atoms with Crippen LogP contribution < -0.4 is 10.1 Å². The summed E-state index contributed by atoms with van der Waals surface area (Å²) in [6, 6.07) is 11.9. The molecule has 7 nitrogen and oxygen atoms in total. The number of amides is 1. The summed E-state index contributed by atoms with van der Waals surface area (Å²) in [7, 11) is 0. The first-order valence-electron chi connectivity index (χ1n) is 10.4. The molecule has 1 aliphatic heterocycles. The second-order valence-electron chi connectivity index (χ2n) is 7.54. The zero-order valence-electron chi connectivity index (χ0n) is 17.4. The van der Waals surface area contributed by atoms with Crippen LogP contribution in [-0.2, 0) is 13.2 Å². The van der Waals surface area contributed by atoms with E-state index >= 15 is 0 Å². The maximum absolute atomic E-state index is 12.7. The number of carbonyl (C=O) groups is 1. The van der Waals surface area contributed by atoms with Gasteiger partial charge in [-0.15, -0.1) is 0 Å². The minimum Gasteiger partial charge on any atom is -0.488 e. The summed E-state index contributed by atoms with van der Waals surface area (Å²) in [6.07, 6.45) is 3.58. The number of para-hydroxylation sites is 1. The number of carbonyl (C=O) groups excluding carboxylic acids is 1. The standard InChI is InChI=1S/C23H27N3O4/c1-3-16(2)26(14-17-8-6-13-28-17)12-7-11-24-23(27)21-19-15-29-20-10-5-4-9-18(20)22(19)30-25-21/h4-6,8-10,13,16H,3,7,11-12,14-15H2,1-2H3,(H,24,27)/t16-/m1/s1. The molecule has 0 spiro atoms. The minimum absolute atomic E-state index is 0.232. The minimum atomic E-state index is -0.232. The first-order chi connectivity index (χ1) is 14.7. The van der Waals surface area contributed by atoms with Gasteiger partial charge in [0.25, 0.3) is 5.91 Å². The molecule has 1 amide bonds. The summed E-state index contributed by atoms with van der Waals surface area (Å²) >= 11 is 0. The Morgan fingerprint density at radius 3 is 2.93 bits per heavy atom. The van der Waals surface area contributed by atoms with Gasteiger partial charge in [-0.2, -0.15) is 0 Å². The Hall–Kier alpha value is -3.06. The van der Waals surface area contributed by atoms with Gasteiger partial charge in [-0.3, -0.25) is 9.69 Å². The lowest BCUT2D eigenvalue weighted by Gasteiger charge is -2.27. The zero-order valence-corrected chi connectivity index (χ0v) is 17.4. The number of hydrogen-bond donors (Lipinski definition) is 1. The molecule has 1 N–H and O–H groups in total. The van der Waals surface area contributed by atoms with Crippen molar-refractivity contribution in [2.24, 2.45) is 0 Å². The lowest BCUT2D eigenvalue weighted by molar-refractivity contribution is 0.0938. The van der Waals surface area contributed by atoms with Crippen molar-refractivity contribution in [2.75, 3.05) is 13.1 Å². The lowest BCUT2D eigenvalue weighted by Crippen LogP contribution is -2.35. The van der Waals surface area contributed by atoms with E-state index in [0.717, 1.165) is 43.0 Å². The molecule has 0 aliphatic carbocycles. The summed E-state index contributed by atoms with van der Waals surface area (Å²) in [5.41, 5.74) is 1.83. The molecule has 0 bridgehead atoms. The molecule has 158 valence electrons. The number of hydrogen-bond acceptors (Lipinski definition) is 6. The van der Waals surface area contributed by atoms with Crippen molar-refractivity contribution in [1.82, 2.24) is 15.4 Å². The number of benzene rings is 1. The van der Waals surface area contributed by atoms with Crippen LogP contribution in [0.5, 0.6) is 5.75 Å². The van der Waals surface area contributed by atoms with Gasteiger partial charge >= 0.3 is 0 Å². The summed E-state index contributed by atoms with van der Waals surface area (Å²) in [5.74, 6) is 2.08. The Kier molecular flexibility index (Phi) is 6.18. The lowest BCUT2D eigenvalue weighted by atomic mass is 10.0. The highest BCUT2D eigenvalue weighted by molar-refractivity contribution is 5.95. The Balaban J connectivity index is 1.33. The van der Waals surface area contributed by atoms with Crippen LogP contribution in [0, 0.1) is 0 Å². The van der Waals surface area contributed by atoms with Crippen molar-refractivity contribution in [3.63, 3.8) is 0 Å². The predicted molar refractivity (Wildman–Crippen MR) is 112 cm³/mol. The van der Waals surface area contributed by atoms with Crippen molar-refractivity contribution < 1.29 is 18.5 Å². The molecular formula is C23H27N3O4. The molecule has 1 aliphatic rings. The molecule has 0 radical (unpaired) electrons. The molecule has 2 aromatic heterocycles. The summed E-state index contributed by atoms with van der Waals surface area (Å²) in [4.78, 5) is 15.0. The van der Waals surface area contributed by atoms with Crippen LogP contribution >= 0.6 is 0 Å². The van der Waals surface area contributed by atoms with E-state index in [1.165, 1.54) is 0 Å². The summed E-state index contributed by atoms with van der Waals surface area (Å²) in [6.45, 7) is 6.86. The maximum atomic E-state index is 12.7. The quantitative estimate of drug-likeness (QED) is 0.532. The number of nitrogens with one attached hydrogen (secondary N) is 1. The molecule has 1 atom stereocenters. The van der Waals surface area contributed by atoms with Gasteiger partial charge in [0.1, 0.15) is 18.1 Å². The van der Waals surface area contributed by atoms with Gasteiger partial charge < -0.3 is 19.0 Å². The number of nitrogens with zero attached hydrogens (tertiary/aromatic N) is 2. The topological polar surface area (TPSA) is 80.7 Å². The number of rotatable bonds is 9. The zero-order chi connectivity index (χ0) is 20.9. The van der Waals surface area contributed by atoms with Crippen LogP contribution in [0.15, 0.2) is 51.6 Å². The van der Waals surface area contributed by atoms with Gasteiger partial charge in [0.05, 0.1) is 23.9 Å². The molecule has 4 rings (SSSR count). The van der Waals surface area contributed by atoms with E-state index in [2.05, 4.69) is 29.2 Å². The average molecular weight is 409 g/mol. The van der Waals surface area contributed by atoms with E-state index in [-0.39, 0.29) is 12.5 Å². The molecule has 0 saturated heterocycles.